The molecule has 6 heteroatoms. The maximum Gasteiger partial charge on any atom is 0.226 e. The molecule has 1 aliphatic carbocycles. The van der Waals surface area contributed by atoms with E-state index in [2.05, 4.69) is 52.3 Å². The van der Waals surface area contributed by atoms with Crippen molar-refractivity contribution in [3.63, 3.8) is 0 Å². The molecule has 7 rings (SSSR count). The fourth-order valence-electron chi connectivity index (χ4n) is 6.20. The van der Waals surface area contributed by atoms with Gasteiger partial charge in [-0.1, -0.05) is 42.5 Å². The van der Waals surface area contributed by atoms with Crippen LogP contribution in [0.4, 0.5) is 5.95 Å². The topological polar surface area (TPSA) is 63.3 Å². The Hall–Kier alpha value is -4.32. The number of hydrogen-bond acceptors (Lipinski definition) is 5. The second-order valence-corrected chi connectivity index (χ2v) is 10.1. The first-order chi connectivity index (χ1) is 18.7. The predicted octanol–water partition coefficient (Wildman–Crippen LogP) is 6.28. The van der Waals surface area contributed by atoms with Gasteiger partial charge in [0.15, 0.2) is 11.5 Å². The zero-order chi connectivity index (χ0) is 25.6. The second kappa shape index (κ2) is 9.21. The highest BCUT2D eigenvalue weighted by atomic mass is 16.5. The van der Waals surface area contributed by atoms with E-state index in [0.717, 1.165) is 36.5 Å². The van der Waals surface area contributed by atoms with E-state index in [9.17, 15) is 0 Å². The molecular formula is C32H30N4O2. The molecule has 0 radical (unpaired) electrons. The van der Waals surface area contributed by atoms with Gasteiger partial charge in [-0.05, 0) is 71.7 Å². The summed E-state index contributed by atoms with van der Waals surface area (Å²) in [6.45, 7) is 0.853. The molecule has 0 bridgehead atoms. The van der Waals surface area contributed by atoms with E-state index in [-0.39, 0.29) is 6.04 Å². The summed E-state index contributed by atoms with van der Waals surface area (Å²) < 4.78 is 10.9. The summed E-state index contributed by atoms with van der Waals surface area (Å²) in [5, 5.41) is 1.32. The Labute approximate surface area is 222 Å². The number of nitrogens with zero attached hydrogens (tertiary/aromatic N) is 3. The highest BCUT2D eigenvalue weighted by molar-refractivity contribution is 5.86. The number of benzene rings is 3. The van der Waals surface area contributed by atoms with Crippen LogP contribution >= 0.6 is 0 Å². The third kappa shape index (κ3) is 3.71. The molecule has 6 nitrogen and oxygen atoms in total. The quantitative estimate of drug-likeness (QED) is 0.306. The summed E-state index contributed by atoms with van der Waals surface area (Å²) in [6, 6.07) is 21.6. The van der Waals surface area contributed by atoms with Crippen molar-refractivity contribution in [3.05, 3.63) is 101 Å². The van der Waals surface area contributed by atoms with E-state index < -0.39 is 0 Å². The van der Waals surface area contributed by atoms with Gasteiger partial charge in [-0.25, -0.2) is 9.97 Å². The lowest BCUT2D eigenvalue weighted by atomic mass is 9.91. The number of rotatable bonds is 5. The van der Waals surface area contributed by atoms with Gasteiger partial charge in [0, 0.05) is 41.1 Å². The molecule has 0 saturated carbocycles. The Balaban J connectivity index is 1.30. The number of para-hydroxylation sites is 1. The smallest absolute Gasteiger partial charge is 0.226 e. The van der Waals surface area contributed by atoms with Crippen LogP contribution in [0.5, 0.6) is 11.5 Å². The Bertz CT molecular complexity index is 1640. The van der Waals surface area contributed by atoms with Gasteiger partial charge in [-0.15, -0.1) is 0 Å². The monoisotopic (exact) mass is 502 g/mol. The first-order valence-electron chi connectivity index (χ1n) is 13.3. The van der Waals surface area contributed by atoms with Crippen molar-refractivity contribution in [2.45, 2.75) is 31.7 Å². The van der Waals surface area contributed by atoms with Crippen LogP contribution in [0.3, 0.4) is 0 Å². The molecule has 3 aromatic carbocycles. The minimum Gasteiger partial charge on any atom is -0.493 e. The summed E-state index contributed by atoms with van der Waals surface area (Å²) in [4.78, 5) is 15.9. The number of ether oxygens (including phenoxy) is 2. The molecule has 1 unspecified atom stereocenters. The number of methoxy groups -OCH3 is 2. The van der Waals surface area contributed by atoms with E-state index in [1.54, 1.807) is 14.2 Å². The number of aromatic nitrogens is 3. The van der Waals surface area contributed by atoms with Crippen LogP contribution in [0.25, 0.3) is 22.0 Å². The standard InChI is InChI=1S/C32H30N4O2/c1-37-28-13-12-22(17-29(28)38-2)24-18-33-32(34-19-24)36-15-14-26-25-8-3-4-9-27(25)35-30(26)31(36)23-11-10-20-6-5-7-21(20)16-23/h3-4,8-13,16-19,31,35H,5-7,14-15H2,1-2H3. The van der Waals surface area contributed by atoms with Crippen LogP contribution in [0.2, 0.25) is 0 Å². The number of anilines is 1. The van der Waals surface area contributed by atoms with Crippen molar-refractivity contribution < 1.29 is 9.47 Å². The van der Waals surface area contributed by atoms with Crippen LogP contribution < -0.4 is 14.4 Å². The second-order valence-electron chi connectivity index (χ2n) is 10.1. The molecule has 1 N–H and O–H groups in total. The normalized spacial score (nSPS) is 16.4. The third-order valence-corrected chi connectivity index (χ3v) is 8.08. The molecule has 3 heterocycles. The summed E-state index contributed by atoms with van der Waals surface area (Å²) >= 11 is 0. The Kier molecular flexibility index (Phi) is 5.54. The van der Waals surface area contributed by atoms with Crippen LogP contribution in [0.1, 0.15) is 40.4 Å². The summed E-state index contributed by atoms with van der Waals surface area (Å²) in [5.74, 6) is 2.13. The first kappa shape index (κ1) is 22.8. The highest BCUT2D eigenvalue weighted by Gasteiger charge is 2.33. The lowest BCUT2D eigenvalue weighted by Gasteiger charge is -2.36. The van der Waals surface area contributed by atoms with Crippen molar-refractivity contribution in [2.75, 3.05) is 25.7 Å². The summed E-state index contributed by atoms with van der Waals surface area (Å²) in [6.07, 6.45) is 8.34. The van der Waals surface area contributed by atoms with Gasteiger partial charge in [-0.2, -0.15) is 0 Å². The number of fused-ring (bicyclic) bond motifs is 4. The van der Waals surface area contributed by atoms with E-state index in [1.165, 1.54) is 51.7 Å². The Morgan fingerprint density at radius 2 is 1.63 bits per heavy atom. The van der Waals surface area contributed by atoms with Crippen molar-refractivity contribution in [1.29, 1.82) is 0 Å². The van der Waals surface area contributed by atoms with Crippen LogP contribution in [0.15, 0.2) is 73.1 Å². The van der Waals surface area contributed by atoms with Gasteiger partial charge in [0.2, 0.25) is 5.95 Å². The lowest BCUT2D eigenvalue weighted by molar-refractivity contribution is 0.355. The van der Waals surface area contributed by atoms with E-state index in [0.29, 0.717) is 11.5 Å². The zero-order valence-electron chi connectivity index (χ0n) is 21.7. The third-order valence-electron chi connectivity index (χ3n) is 8.08. The predicted molar refractivity (Wildman–Crippen MR) is 150 cm³/mol. The minimum atomic E-state index is 0.0315. The lowest BCUT2D eigenvalue weighted by Crippen LogP contribution is -2.37. The maximum absolute atomic E-state index is 5.49. The number of aryl methyl sites for hydroxylation is 2. The average molecular weight is 503 g/mol. The molecule has 38 heavy (non-hydrogen) atoms. The molecule has 5 aromatic rings. The SMILES string of the molecule is COc1ccc(-c2cnc(N3CCc4c([nH]c5ccccc45)C3c3ccc4c(c3)CCC4)nc2)cc1OC. The van der Waals surface area contributed by atoms with Gasteiger partial charge in [0.05, 0.1) is 20.3 Å². The maximum atomic E-state index is 5.49. The zero-order valence-corrected chi connectivity index (χ0v) is 21.7. The van der Waals surface area contributed by atoms with Crippen molar-refractivity contribution >= 4 is 16.9 Å². The molecule has 0 amide bonds. The minimum absolute atomic E-state index is 0.0315. The molecule has 2 aliphatic rings. The summed E-state index contributed by atoms with van der Waals surface area (Å²) in [7, 11) is 3.29. The van der Waals surface area contributed by atoms with E-state index in [1.807, 2.05) is 30.6 Å². The van der Waals surface area contributed by atoms with Crippen LogP contribution in [-0.2, 0) is 19.3 Å². The number of hydrogen-bond donors (Lipinski definition) is 1. The van der Waals surface area contributed by atoms with E-state index >= 15 is 0 Å². The van der Waals surface area contributed by atoms with Crippen LogP contribution in [-0.4, -0.2) is 35.7 Å². The number of aromatic amines is 1. The molecule has 1 atom stereocenters. The Morgan fingerprint density at radius 3 is 2.47 bits per heavy atom. The molecule has 2 aromatic heterocycles. The fourth-order valence-corrected chi connectivity index (χ4v) is 6.20. The van der Waals surface area contributed by atoms with Crippen molar-refractivity contribution in [2.24, 2.45) is 0 Å². The van der Waals surface area contributed by atoms with Gasteiger partial charge in [0.1, 0.15) is 0 Å². The fraction of sp³-hybridized carbons (Fsp3) is 0.250. The van der Waals surface area contributed by atoms with Gasteiger partial charge < -0.3 is 19.4 Å². The van der Waals surface area contributed by atoms with E-state index in [4.69, 9.17) is 19.4 Å². The molecule has 0 saturated heterocycles. The van der Waals surface area contributed by atoms with Gasteiger partial charge >= 0.3 is 0 Å². The first-order valence-corrected chi connectivity index (χ1v) is 13.3. The molecule has 190 valence electrons. The number of H-pyrrole nitrogens is 1. The van der Waals surface area contributed by atoms with Crippen molar-refractivity contribution in [1.82, 2.24) is 15.0 Å². The summed E-state index contributed by atoms with van der Waals surface area (Å²) in [5.41, 5.74) is 10.0. The molecule has 0 fully saturated rings. The molecule has 0 spiro atoms. The molecule has 1 aliphatic heterocycles. The van der Waals surface area contributed by atoms with Crippen molar-refractivity contribution in [3.8, 4) is 22.6 Å². The molecular weight excluding hydrogens is 472 g/mol. The highest BCUT2D eigenvalue weighted by Crippen LogP contribution is 2.41. The van der Waals surface area contributed by atoms with Crippen LogP contribution in [0, 0.1) is 0 Å². The number of nitrogens with one attached hydrogen (secondary N) is 1. The largest absolute Gasteiger partial charge is 0.493 e. The van der Waals surface area contributed by atoms with Gasteiger partial charge in [-0.3, -0.25) is 0 Å². The Morgan fingerprint density at radius 1 is 0.816 bits per heavy atom. The average Bonchev–Trinajstić information content (AvgIpc) is 3.60. The van der Waals surface area contributed by atoms with Gasteiger partial charge in [0.25, 0.3) is 0 Å².